The standard InChI is InChI=1S/C13H23N3O4S/c1-8(2)6-10(14-11(17)7-9(3)4)12-15-16-13(20-12)21(5,18)19/h8-10H,6-7H2,1-5H3,(H,14,17)/t10-/m0/s1. The van der Waals surface area contributed by atoms with E-state index in [4.69, 9.17) is 4.42 Å². The molecule has 1 amide bonds. The van der Waals surface area contributed by atoms with Crippen LogP contribution in [0.15, 0.2) is 9.64 Å². The maximum absolute atomic E-state index is 11.9. The molecule has 1 aromatic rings. The van der Waals surface area contributed by atoms with Crippen LogP contribution in [0, 0.1) is 11.8 Å². The maximum atomic E-state index is 11.9. The lowest BCUT2D eigenvalue weighted by Crippen LogP contribution is -2.30. The van der Waals surface area contributed by atoms with Gasteiger partial charge >= 0.3 is 5.22 Å². The molecular formula is C13H23N3O4S. The highest BCUT2D eigenvalue weighted by Crippen LogP contribution is 2.22. The molecule has 0 radical (unpaired) electrons. The first-order valence-electron chi connectivity index (χ1n) is 6.92. The molecule has 0 saturated heterocycles. The van der Waals surface area contributed by atoms with Crippen molar-refractivity contribution in [3.63, 3.8) is 0 Å². The average Bonchev–Trinajstić information content (AvgIpc) is 2.74. The molecule has 0 bridgehead atoms. The van der Waals surface area contributed by atoms with Crippen molar-refractivity contribution in [3.05, 3.63) is 5.89 Å². The van der Waals surface area contributed by atoms with Gasteiger partial charge in [-0.05, 0) is 18.3 Å². The molecule has 0 aliphatic heterocycles. The molecule has 1 atom stereocenters. The molecule has 0 aliphatic rings. The van der Waals surface area contributed by atoms with E-state index in [1.807, 2.05) is 27.7 Å². The van der Waals surface area contributed by atoms with Crippen molar-refractivity contribution < 1.29 is 17.6 Å². The number of carbonyl (C=O) groups excluding carboxylic acids is 1. The van der Waals surface area contributed by atoms with Gasteiger partial charge in [-0.1, -0.05) is 32.8 Å². The van der Waals surface area contributed by atoms with Crippen LogP contribution in [0.2, 0.25) is 0 Å². The first-order chi connectivity index (χ1) is 9.59. The van der Waals surface area contributed by atoms with Gasteiger partial charge in [0.25, 0.3) is 0 Å². The Hall–Kier alpha value is -1.44. The number of hydrogen-bond donors (Lipinski definition) is 1. The molecule has 21 heavy (non-hydrogen) atoms. The summed E-state index contributed by atoms with van der Waals surface area (Å²) in [6.07, 6.45) is 1.98. The van der Waals surface area contributed by atoms with E-state index < -0.39 is 21.1 Å². The van der Waals surface area contributed by atoms with E-state index in [-0.39, 0.29) is 23.6 Å². The topological polar surface area (TPSA) is 102 Å². The molecule has 7 nitrogen and oxygen atoms in total. The zero-order chi connectivity index (χ0) is 16.2. The minimum atomic E-state index is -3.54. The Balaban J connectivity index is 2.92. The van der Waals surface area contributed by atoms with Crippen LogP contribution in [0.1, 0.15) is 52.5 Å². The van der Waals surface area contributed by atoms with Gasteiger partial charge in [-0.15, -0.1) is 5.10 Å². The Morgan fingerprint density at radius 2 is 1.81 bits per heavy atom. The normalized spacial score (nSPS) is 13.7. The maximum Gasteiger partial charge on any atom is 0.335 e. The second-order valence-corrected chi connectivity index (χ2v) is 7.92. The van der Waals surface area contributed by atoms with Crippen molar-refractivity contribution >= 4 is 15.7 Å². The van der Waals surface area contributed by atoms with Crippen LogP contribution < -0.4 is 5.32 Å². The smallest absolute Gasteiger partial charge is 0.335 e. The molecule has 0 unspecified atom stereocenters. The van der Waals surface area contributed by atoms with Crippen LogP contribution in [0.25, 0.3) is 0 Å². The second kappa shape index (κ2) is 7.02. The predicted octanol–water partition coefficient (Wildman–Crippen LogP) is 1.72. The number of sulfone groups is 1. The molecule has 120 valence electrons. The highest BCUT2D eigenvalue weighted by molar-refractivity contribution is 7.90. The number of carbonyl (C=O) groups is 1. The van der Waals surface area contributed by atoms with Crippen molar-refractivity contribution in [2.45, 2.75) is 51.8 Å². The summed E-state index contributed by atoms with van der Waals surface area (Å²) < 4.78 is 27.9. The first kappa shape index (κ1) is 17.6. The van der Waals surface area contributed by atoms with Gasteiger partial charge in [0.05, 0.1) is 0 Å². The monoisotopic (exact) mass is 317 g/mol. The third-order valence-corrected chi connectivity index (χ3v) is 3.47. The molecule has 1 aromatic heterocycles. The Morgan fingerprint density at radius 3 is 2.24 bits per heavy atom. The van der Waals surface area contributed by atoms with E-state index in [0.717, 1.165) is 6.26 Å². The molecule has 0 fully saturated rings. The number of aromatic nitrogens is 2. The Morgan fingerprint density at radius 1 is 1.19 bits per heavy atom. The third kappa shape index (κ3) is 5.82. The number of nitrogens with zero attached hydrogens (tertiary/aromatic N) is 2. The number of hydrogen-bond acceptors (Lipinski definition) is 6. The van der Waals surface area contributed by atoms with Crippen molar-refractivity contribution in [3.8, 4) is 0 Å². The lowest BCUT2D eigenvalue weighted by Gasteiger charge is -2.17. The van der Waals surface area contributed by atoms with Crippen LogP contribution in [-0.4, -0.2) is 30.8 Å². The summed E-state index contributed by atoms with van der Waals surface area (Å²) in [5.74, 6) is 0.526. The van der Waals surface area contributed by atoms with E-state index in [1.54, 1.807) is 0 Å². The molecule has 0 spiro atoms. The SMILES string of the molecule is CC(C)CC(=O)N[C@@H](CC(C)C)c1nnc(S(C)(=O)=O)o1. The van der Waals surface area contributed by atoms with Crippen molar-refractivity contribution in [1.82, 2.24) is 15.5 Å². The van der Waals surface area contributed by atoms with Crippen LogP contribution in [0.5, 0.6) is 0 Å². The predicted molar refractivity (Wildman–Crippen MR) is 77.2 cm³/mol. The van der Waals surface area contributed by atoms with E-state index in [1.165, 1.54) is 0 Å². The molecule has 1 rings (SSSR count). The highest BCUT2D eigenvalue weighted by atomic mass is 32.2. The summed E-state index contributed by atoms with van der Waals surface area (Å²) in [6, 6.07) is -0.473. The first-order valence-corrected chi connectivity index (χ1v) is 8.81. The molecular weight excluding hydrogens is 294 g/mol. The number of rotatable bonds is 7. The third-order valence-electron chi connectivity index (χ3n) is 2.67. The molecule has 8 heteroatoms. The van der Waals surface area contributed by atoms with Gasteiger partial charge in [0.1, 0.15) is 6.04 Å². The van der Waals surface area contributed by atoms with Gasteiger partial charge in [0.2, 0.25) is 21.6 Å². The largest absolute Gasteiger partial charge is 0.410 e. The van der Waals surface area contributed by atoms with E-state index in [9.17, 15) is 13.2 Å². The molecule has 0 saturated carbocycles. The minimum absolute atomic E-state index is 0.116. The fourth-order valence-electron chi connectivity index (χ4n) is 1.83. The van der Waals surface area contributed by atoms with Gasteiger partial charge in [-0.3, -0.25) is 4.79 Å². The van der Waals surface area contributed by atoms with Crippen LogP contribution >= 0.6 is 0 Å². The fourth-order valence-corrected chi connectivity index (χ4v) is 2.25. The van der Waals surface area contributed by atoms with Gasteiger partial charge in [0, 0.05) is 12.7 Å². The van der Waals surface area contributed by atoms with Gasteiger partial charge in [0.15, 0.2) is 0 Å². The lowest BCUT2D eigenvalue weighted by atomic mass is 10.0. The molecule has 0 aliphatic carbocycles. The zero-order valence-corrected chi connectivity index (χ0v) is 13.9. The van der Waals surface area contributed by atoms with E-state index >= 15 is 0 Å². The Kier molecular flexibility index (Phi) is 5.88. The fraction of sp³-hybridized carbons (Fsp3) is 0.769. The number of amides is 1. The second-order valence-electron chi connectivity index (χ2n) is 6.03. The summed E-state index contributed by atoms with van der Waals surface area (Å²) in [4.78, 5) is 11.9. The van der Waals surface area contributed by atoms with Crippen molar-refractivity contribution in [2.24, 2.45) is 11.8 Å². The van der Waals surface area contributed by atoms with Gasteiger partial charge < -0.3 is 9.73 Å². The van der Waals surface area contributed by atoms with Crippen molar-refractivity contribution in [2.75, 3.05) is 6.26 Å². The highest BCUT2D eigenvalue weighted by Gasteiger charge is 2.25. The lowest BCUT2D eigenvalue weighted by molar-refractivity contribution is -0.122. The molecule has 1 N–H and O–H groups in total. The summed E-state index contributed by atoms with van der Waals surface area (Å²) in [7, 11) is -3.54. The number of nitrogens with one attached hydrogen (secondary N) is 1. The van der Waals surface area contributed by atoms with Gasteiger partial charge in [-0.2, -0.15) is 0 Å². The minimum Gasteiger partial charge on any atom is -0.410 e. The Labute approximate surface area is 125 Å². The van der Waals surface area contributed by atoms with Gasteiger partial charge in [-0.25, -0.2) is 8.42 Å². The van der Waals surface area contributed by atoms with Crippen LogP contribution in [0.4, 0.5) is 0 Å². The summed E-state index contributed by atoms with van der Waals surface area (Å²) >= 11 is 0. The average molecular weight is 317 g/mol. The zero-order valence-electron chi connectivity index (χ0n) is 13.1. The Bertz CT molecular complexity index is 578. The summed E-state index contributed by atoms with van der Waals surface area (Å²) in [5.41, 5.74) is 0. The summed E-state index contributed by atoms with van der Waals surface area (Å²) in [5, 5.41) is 9.69. The van der Waals surface area contributed by atoms with Crippen molar-refractivity contribution in [1.29, 1.82) is 0 Å². The molecule has 0 aromatic carbocycles. The van der Waals surface area contributed by atoms with E-state index in [2.05, 4.69) is 15.5 Å². The quantitative estimate of drug-likeness (QED) is 0.821. The summed E-state index contributed by atoms with van der Waals surface area (Å²) in [6.45, 7) is 7.89. The van der Waals surface area contributed by atoms with Crippen LogP contribution in [-0.2, 0) is 14.6 Å². The molecule has 1 heterocycles. The van der Waals surface area contributed by atoms with E-state index in [0.29, 0.717) is 12.8 Å². The van der Waals surface area contributed by atoms with Crippen LogP contribution in [0.3, 0.4) is 0 Å².